The van der Waals surface area contributed by atoms with Crippen LogP contribution in [0.25, 0.3) is 0 Å². The van der Waals surface area contributed by atoms with Crippen LogP contribution in [0.1, 0.15) is 37.8 Å². The van der Waals surface area contributed by atoms with Gasteiger partial charge in [-0.15, -0.1) is 0 Å². The average Bonchev–Trinajstić information content (AvgIpc) is 2.81. The second-order valence-electron chi connectivity index (χ2n) is 9.57. The first-order chi connectivity index (χ1) is 16.1. The van der Waals surface area contributed by atoms with Crippen molar-refractivity contribution < 1.29 is 13.2 Å². The van der Waals surface area contributed by atoms with Gasteiger partial charge in [0.15, 0.2) is 0 Å². The zero-order chi connectivity index (χ0) is 24.7. The van der Waals surface area contributed by atoms with Crippen LogP contribution >= 0.6 is 0 Å². The van der Waals surface area contributed by atoms with E-state index < -0.39 is 16.1 Å². The fourth-order valence-electron chi connectivity index (χ4n) is 4.48. The molecule has 34 heavy (non-hydrogen) atoms. The summed E-state index contributed by atoms with van der Waals surface area (Å²) < 4.78 is 26.9. The highest BCUT2D eigenvalue weighted by atomic mass is 32.2. The molecule has 3 rings (SSSR count). The van der Waals surface area contributed by atoms with Gasteiger partial charge in [-0.25, -0.2) is 8.42 Å². The van der Waals surface area contributed by atoms with Gasteiger partial charge in [0.25, 0.3) is 0 Å². The van der Waals surface area contributed by atoms with E-state index in [9.17, 15) is 13.2 Å². The van der Waals surface area contributed by atoms with Crippen molar-refractivity contribution in [2.45, 2.75) is 45.8 Å². The normalized spacial score (nSPS) is 17.2. The summed E-state index contributed by atoms with van der Waals surface area (Å²) in [7, 11) is -3.48. The zero-order valence-electron chi connectivity index (χ0n) is 20.6. The Balaban J connectivity index is 1.94. The molecule has 186 valence electrons. The van der Waals surface area contributed by atoms with Gasteiger partial charge in [-0.2, -0.15) is 0 Å². The molecule has 0 aliphatic carbocycles. The molecule has 0 radical (unpaired) electrons. The van der Waals surface area contributed by atoms with Crippen LogP contribution in [0.15, 0.2) is 54.6 Å². The lowest BCUT2D eigenvalue weighted by atomic mass is 10.0. The maximum atomic E-state index is 13.4. The standard InChI is InChI=1S/C26H38N4O3S/c1-21(2)18-24(27)26(31)29-17-16-28(19-22-10-5-4-6-11-22)14-9-15-30(34(3,32)33)25-13-8-7-12-23(25)20-29/h4-8,10-13,21,24H,9,14-20,27H2,1-3H3. The minimum absolute atomic E-state index is 0.0895. The number of nitrogens with zero attached hydrogens (tertiary/aromatic N) is 3. The number of carbonyl (C=O) groups excluding carboxylic acids is 1. The molecule has 0 bridgehead atoms. The van der Waals surface area contributed by atoms with Crippen molar-refractivity contribution >= 4 is 21.6 Å². The van der Waals surface area contributed by atoms with E-state index in [0.29, 0.717) is 50.6 Å². The lowest BCUT2D eigenvalue weighted by Crippen LogP contribution is -2.46. The third-order valence-electron chi connectivity index (χ3n) is 6.15. The van der Waals surface area contributed by atoms with Crippen LogP contribution in [-0.2, 0) is 27.9 Å². The molecule has 8 heteroatoms. The monoisotopic (exact) mass is 486 g/mol. The lowest BCUT2D eigenvalue weighted by molar-refractivity contribution is -0.133. The highest BCUT2D eigenvalue weighted by Gasteiger charge is 2.27. The summed E-state index contributed by atoms with van der Waals surface area (Å²) in [6, 6.07) is 17.1. The summed E-state index contributed by atoms with van der Waals surface area (Å²) in [6.45, 7) is 7.52. The van der Waals surface area contributed by atoms with Crippen LogP contribution in [0, 0.1) is 5.92 Å². The topological polar surface area (TPSA) is 87.0 Å². The summed E-state index contributed by atoms with van der Waals surface area (Å²) >= 11 is 0. The van der Waals surface area contributed by atoms with Crippen molar-refractivity contribution in [1.82, 2.24) is 9.80 Å². The van der Waals surface area contributed by atoms with Gasteiger partial charge in [-0.3, -0.25) is 14.0 Å². The van der Waals surface area contributed by atoms with Crippen molar-refractivity contribution in [3.63, 3.8) is 0 Å². The summed E-state index contributed by atoms with van der Waals surface area (Å²) in [5, 5.41) is 0. The first-order valence-electron chi connectivity index (χ1n) is 12.0. The summed E-state index contributed by atoms with van der Waals surface area (Å²) in [4.78, 5) is 17.5. The Morgan fingerprint density at radius 3 is 2.32 bits per heavy atom. The molecule has 1 aliphatic heterocycles. The number of benzene rings is 2. The smallest absolute Gasteiger partial charge is 0.239 e. The van der Waals surface area contributed by atoms with Crippen molar-refractivity contribution in [2.24, 2.45) is 11.7 Å². The molecule has 0 aromatic heterocycles. The number of para-hydroxylation sites is 1. The predicted octanol–water partition coefficient (Wildman–Crippen LogP) is 3.06. The van der Waals surface area contributed by atoms with Gasteiger partial charge in [-0.05, 0) is 36.0 Å². The molecule has 2 aromatic carbocycles. The van der Waals surface area contributed by atoms with Crippen molar-refractivity contribution in [3.8, 4) is 0 Å². The van der Waals surface area contributed by atoms with E-state index in [1.165, 1.54) is 16.1 Å². The van der Waals surface area contributed by atoms with Gasteiger partial charge in [0.1, 0.15) is 0 Å². The Morgan fingerprint density at radius 1 is 0.971 bits per heavy atom. The Hall–Kier alpha value is -2.42. The summed E-state index contributed by atoms with van der Waals surface area (Å²) in [6.07, 6.45) is 2.54. The van der Waals surface area contributed by atoms with E-state index in [-0.39, 0.29) is 5.91 Å². The third kappa shape index (κ3) is 7.29. The van der Waals surface area contributed by atoms with Gasteiger partial charge in [0, 0.05) is 39.3 Å². The van der Waals surface area contributed by atoms with Crippen LogP contribution in [0.5, 0.6) is 0 Å². The molecule has 1 heterocycles. The molecule has 2 aromatic rings. The highest BCUT2D eigenvalue weighted by Crippen LogP contribution is 2.26. The largest absolute Gasteiger partial charge is 0.336 e. The molecule has 2 N–H and O–H groups in total. The van der Waals surface area contributed by atoms with E-state index in [2.05, 4.69) is 30.9 Å². The van der Waals surface area contributed by atoms with E-state index in [1.807, 2.05) is 42.5 Å². The third-order valence-corrected chi connectivity index (χ3v) is 7.33. The fourth-order valence-corrected chi connectivity index (χ4v) is 5.48. The molecule has 0 spiro atoms. The molecule has 1 unspecified atom stereocenters. The maximum Gasteiger partial charge on any atom is 0.239 e. The number of nitrogens with two attached hydrogens (primary N) is 1. The van der Waals surface area contributed by atoms with Crippen molar-refractivity contribution in [1.29, 1.82) is 0 Å². The Morgan fingerprint density at radius 2 is 1.65 bits per heavy atom. The number of hydrogen-bond donors (Lipinski definition) is 1. The average molecular weight is 487 g/mol. The highest BCUT2D eigenvalue weighted by molar-refractivity contribution is 7.92. The molecular formula is C26H38N4O3S. The first-order valence-corrected chi connectivity index (χ1v) is 13.9. The molecule has 1 amide bonds. The number of hydrogen-bond acceptors (Lipinski definition) is 5. The van der Waals surface area contributed by atoms with Gasteiger partial charge >= 0.3 is 0 Å². The number of fused-ring (bicyclic) bond motifs is 1. The quantitative estimate of drug-likeness (QED) is 0.678. The van der Waals surface area contributed by atoms with Crippen LogP contribution in [0.4, 0.5) is 5.69 Å². The summed E-state index contributed by atoms with van der Waals surface area (Å²) in [5.41, 5.74) is 8.94. The minimum atomic E-state index is -3.48. The molecule has 1 aliphatic rings. The minimum Gasteiger partial charge on any atom is -0.336 e. The number of amides is 1. The van der Waals surface area contributed by atoms with Gasteiger partial charge in [-0.1, -0.05) is 62.4 Å². The van der Waals surface area contributed by atoms with Gasteiger partial charge < -0.3 is 10.6 Å². The van der Waals surface area contributed by atoms with Gasteiger partial charge in [0.2, 0.25) is 15.9 Å². The fraction of sp³-hybridized carbons (Fsp3) is 0.500. The van der Waals surface area contributed by atoms with E-state index >= 15 is 0 Å². The van der Waals surface area contributed by atoms with Gasteiger partial charge in [0.05, 0.1) is 18.0 Å². The number of rotatable bonds is 6. The van der Waals surface area contributed by atoms with Crippen LogP contribution in [-0.4, -0.2) is 62.6 Å². The van der Waals surface area contributed by atoms with E-state index in [0.717, 1.165) is 18.7 Å². The number of anilines is 1. The van der Waals surface area contributed by atoms with Crippen molar-refractivity contribution in [3.05, 3.63) is 65.7 Å². The first kappa shape index (κ1) is 26.2. The van der Waals surface area contributed by atoms with Crippen LogP contribution in [0.3, 0.4) is 0 Å². The Bertz CT molecular complexity index is 1040. The maximum absolute atomic E-state index is 13.4. The van der Waals surface area contributed by atoms with E-state index in [4.69, 9.17) is 5.73 Å². The number of carbonyl (C=O) groups is 1. The molecule has 1 atom stereocenters. The Kier molecular flexibility index (Phi) is 9.10. The second-order valence-corrected chi connectivity index (χ2v) is 11.5. The van der Waals surface area contributed by atoms with Crippen LogP contribution in [0.2, 0.25) is 0 Å². The molecule has 0 saturated heterocycles. The molecule has 7 nitrogen and oxygen atoms in total. The molecule has 0 fully saturated rings. The van der Waals surface area contributed by atoms with Crippen LogP contribution < -0.4 is 10.0 Å². The SMILES string of the molecule is CC(C)CC(N)C(=O)N1CCN(Cc2ccccc2)CCCN(S(C)(=O)=O)c2ccccc2C1. The number of sulfonamides is 1. The Labute approximate surface area is 204 Å². The molecule has 0 saturated carbocycles. The summed E-state index contributed by atoms with van der Waals surface area (Å²) in [5.74, 6) is 0.221. The second kappa shape index (κ2) is 11.8. The van der Waals surface area contributed by atoms with E-state index in [1.54, 1.807) is 4.90 Å². The lowest BCUT2D eigenvalue weighted by Gasteiger charge is -2.30. The predicted molar refractivity (Wildman–Crippen MR) is 138 cm³/mol. The van der Waals surface area contributed by atoms with Crippen molar-refractivity contribution in [2.75, 3.05) is 36.7 Å². The zero-order valence-corrected chi connectivity index (χ0v) is 21.4. The molecular weight excluding hydrogens is 448 g/mol.